The molecule has 0 N–H and O–H groups in total. The maximum absolute atomic E-state index is 2.31. The Bertz CT molecular complexity index is 1010. The maximum Gasteiger partial charge on any atom is 0.0166 e. The van der Waals surface area contributed by atoms with Crippen LogP contribution in [-0.2, 0) is 0 Å². The number of hydrogen-bond acceptors (Lipinski definition) is 1. The highest BCUT2D eigenvalue weighted by Gasteiger charge is 2.07. The zero-order valence-electron chi connectivity index (χ0n) is 18.0. The number of likely N-dealkylation sites (N-methyl/N-ethyl adjacent to an activating group) is 1. The molecule has 0 saturated carbocycles. The van der Waals surface area contributed by atoms with E-state index in [0.717, 1.165) is 6.54 Å². The van der Waals surface area contributed by atoms with Crippen LogP contribution in [0.25, 0.3) is 27.8 Å². The molecule has 1 nitrogen and oxygen atoms in total. The van der Waals surface area contributed by atoms with Crippen LogP contribution in [0.4, 0.5) is 0 Å². The van der Waals surface area contributed by atoms with Crippen molar-refractivity contribution in [3.8, 4) is 22.3 Å². The molecule has 0 radical (unpaired) electrons. The van der Waals surface area contributed by atoms with Crippen molar-refractivity contribution in [3.63, 3.8) is 0 Å². The average molecular weight is 426 g/mol. The molecule has 4 aromatic rings. The Morgan fingerprint density at radius 1 is 0.548 bits per heavy atom. The minimum atomic E-state index is 0. The van der Waals surface area contributed by atoms with E-state index in [9.17, 15) is 0 Å². The van der Waals surface area contributed by atoms with E-state index in [4.69, 9.17) is 0 Å². The molecule has 0 aliphatic rings. The smallest absolute Gasteiger partial charge is 0.0166 e. The molecule has 0 aromatic heterocycles. The van der Waals surface area contributed by atoms with E-state index in [1.165, 1.54) is 39.0 Å². The second-order valence-corrected chi connectivity index (χ2v) is 7.77. The average Bonchev–Trinajstić information content (AvgIpc) is 2.81. The third kappa shape index (κ3) is 5.73. The molecule has 0 saturated heterocycles. The van der Waals surface area contributed by atoms with Gasteiger partial charge < -0.3 is 4.90 Å². The van der Waals surface area contributed by atoms with Crippen LogP contribution < -0.4 is 0 Å². The van der Waals surface area contributed by atoms with Crippen LogP contribution >= 0.6 is 12.4 Å². The molecular weight excluding hydrogens is 398 g/mol. The lowest BCUT2D eigenvalue weighted by atomic mass is 9.94. The van der Waals surface area contributed by atoms with Gasteiger partial charge in [-0.1, -0.05) is 115 Å². The van der Waals surface area contributed by atoms with Gasteiger partial charge in [0.25, 0.3) is 0 Å². The van der Waals surface area contributed by atoms with Gasteiger partial charge in [-0.05, 0) is 53.0 Å². The van der Waals surface area contributed by atoms with Crippen molar-refractivity contribution in [2.24, 2.45) is 0 Å². The van der Waals surface area contributed by atoms with E-state index in [1.807, 2.05) is 0 Å². The molecule has 4 aromatic carbocycles. The van der Waals surface area contributed by atoms with Crippen molar-refractivity contribution < 1.29 is 0 Å². The number of hydrogen-bond donors (Lipinski definition) is 0. The molecule has 31 heavy (non-hydrogen) atoms. The van der Waals surface area contributed by atoms with E-state index in [-0.39, 0.29) is 12.4 Å². The first-order valence-electron chi connectivity index (χ1n) is 10.4. The summed E-state index contributed by atoms with van der Waals surface area (Å²) < 4.78 is 0. The van der Waals surface area contributed by atoms with Crippen molar-refractivity contribution >= 4 is 18.0 Å². The minimum Gasteiger partial charge on any atom is -0.306 e. The van der Waals surface area contributed by atoms with E-state index < -0.39 is 0 Å². The Balaban J connectivity index is 0.00000272. The molecule has 0 aliphatic heterocycles. The highest BCUT2D eigenvalue weighted by Crippen LogP contribution is 2.28. The van der Waals surface area contributed by atoms with Gasteiger partial charge in [0.2, 0.25) is 0 Å². The summed E-state index contributed by atoms with van der Waals surface area (Å²) in [5, 5.41) is 0. The third-order valence-corrected chi connectivity index (χ3v) is 5.27. The van der Waals surface area contributed by atoms with Gasteiger partial charge in [0, 0.05) is 6.54 Å². The fourth-order valence-corrected chi connectivity index (χ4v) is 3.62. The van der Waals surface area contributed by atoms with Crippen LogP contribution in [0.15, 0.2) is 115 Å². The van der Waals surface area contributed by atoms with E-state index in [2.05, 4.69) is 134 Å². The summed E-state index contributed by atoms with van der Waals surface area (Å²) >= 11 is 0. The molecule has 0 atom stereocenters. The molecule has 0 fully saturated rings. The van der Waals surface area contributed by atoms with Gasteiger partial charge in [0.1, 0.15) is 0 Å². The van der Waals surface area contributed by atoms with Gasteiger partial charge in [-0.2, -0.15) is 0 Å². The lowest BCUT2D eigenvalue weighted by molar-refractivity contribution is 0.457. The summed E-state index contributed by atoms with van der Waals surface area (Å²) in [5.41, 5.74) is 8.72. The van der Waals surface area contributed by atoms with Crippen LogP contribution in [0.5, 0.6) is 0 Å². The maximum atomic E-state index is 2.31. The summed E-state index contributed by atoms with van der Waals surface area (Å²) in [4.78, 5) is 2.19. The summed E-state index contributed by atoms with van der Waals surface area (Å²) in [6, 6.07) is 38.8. The van der Waals surface area contributed by atoms with E-state index >= 15 is 0 Å². The van der Waals surface area contributed by atoms with Gasteiger partial charge >= 0.3 is 0 Å². The zero-order chi connectivity index (χ0) is 20.8. The summed E-state index contributed by atoms with van der Waals surface area (Å²) in [7, 11) is 4.20. The lowest BCUT2D eigenvalue weighted by Gasteiger charge is -2.13. The van der Waals surface area contributed by atoms with Gasteiger partial charge in [0.05, 0.1) is 0 Å². The standard InChI is InChI=1S/C29H27N.ClH/c1-30(2)22-21-29(27-17-13-25(14-18-27)23-9-5-3-6-10-23)28-19-15-26(16-20-28)24-11-7-4-8-12-24;/h3-21H,22H2,1-2H3;1H. The van der Waals surface area contributed by atoms with Crippen molar-refractivity contribution in [1.29, 1.82) is 0 Å². The first-order valence-corrected chi connectivity index (χ1v) is 10.4. The minimum absolute atomic E-state index is 0. The van der Waals surface area contributed by atoms with Crippen LogP contribution in [0, 0.1) is 0 Å². The molecule has 0 spiro atoms. The fourth-order valence-electron chi connectivity index (χ4n) is 3.62. The number of rotatable bonds is 6. The Labute approximate surface area is 192 Å². The second kappa shape index (κ2) is 10.8. The summed E-state index contributed by atoms with van der Waals surface area (Å²) in [5.74, 6) is 0. The SMILES string of the molecule is CN(C)CC=C(c1ccc(-c2ccccc2)cc1)c1ccc(-c2ccccc2)cc1.Cl. The first-order chi connectivity index (χ1) is 14.7. The van der Waals surface area contributed by atoms with Crippen LogP contribution in [0.3, 0.4) is 0 Å². The summed E-state index contributed by atoms with van der Waals surface area (Å²) in [6.07, 6.45) is 2.31. The number of nitrogens with zero attached hydrogens (tertiary/aromatic N) is 1. The predicted octanol–water partition coefficient (Wildman–Crippen LogP) is 7.44. The molecular formula is C29H28ClN. The van der Waals surface area contributed by atoms with Crippen molar-refractivity contribution in [1.82, 2.24) is 4.90 Å². The molecule has 0 amide bonds. The van der Waals surface area contributed by atoms with Crippen LogP contribution in [-0.4, -0.2) is 25.5 Å². The molecule has 0 heterocycles. The summed E-state index contributed by atoms with van der Waals surface area (Å²) in [6.45, 7) is 0.899. The van der Waals surface area contributed by atoms with Crippen LogP contribution in [0.2, 0.25) is 0 Å². The molecule has 2 heteroatoms. The van der Waals surface area contributed by atoms with Gasteiger partial charge in [0.15, 0.2) is 0 Å². The van der Waals surface area contributed by atoms with E-state index in [0.29, 0.717) is 0 Å². The zero-order valence-corrected chi connectivity index (χ0v) is 18.8. The Morgan fingerprint density at radius 2 is 0.903 bits per heavy atom. The van der Waals surface area contributed by atoms with Crippen LogP contribution in [0.1, 0.15) is 11.1 Å². The molecule has 4 rings (SSSR count). The quantitative estimate of drug-likeness (QED) is 0.310. The normalized spacial score (nSPS) is 10.4. The molecule has 0 unspecified atom stereocenters. The van der Waals surface area contributed by atoms with Crippen molar-refractivity contribution in [3.05, 3.63) is 126 Å². The highest BCUT2D eigenvalue weighted by molar-refractivity contribution is 5.85. The topological polar surface area (TPSA) is 3.24 Å². The first kappa shape index (κ1) is 22.6. The van der Waals surface area contributed by atoms with E-state index in [1.54, 1.807) is 0 Å². The van der Waals surface area contributed by atoms with Gasteiger partial charge in [-0.3, -0.25) is 0 Å². The predicted molar refractivity (Wildman–Crippen MR) is 137 cm³/mol. The van der Waals surface area contributed by atoms with Crippen molar-refractivity contribution in [2.45, 2.75) is 0 Å². The second-order valence-electron chi connectivity index (χ2n) is 7.77. The van der Waals surface area contributed by atoms with Gasteiger partial charge in [-0.25, -0.2) is 0 Å². The largest absolute Gasteiger partial charge is 0.306 e. The Kier molecular flexibility index (Phi) is 7.83. The molecule has 156 valence electrons. The third-order valence-electron chi connectivity index (χ3n) is 5.27. The Morgan fingerprint density at radius 3 is 1.26 bits per heavy atom. The van der Waals surface area contributed by atoms with Gasteiger partial charge in [-0.15, -0.1) is 12.4 Å². The number of benzene rings is 4. The number of halogens is 1. The van der Waals surface area contributed by atoms with Crippen molar-refractivity contribution in [2.75, 3.05) is 20.6 Å². The highest BCUT2D eigenvalue weighted by atomic mass is 35.5. The molecule has 0 bridgehead atoms. The fraction of sp³-hybridized carbons (Fsp3) is 0.103. The lowest BCUT2D eigenvalue weighted by Crippen LogP contribution is -2.11. The Hall–Kier alpha value is -3.13. The molecule has 0 aliphatic carbocycles. The monoisotopic (exact) mass is 425 g/mol.